The molecule has 2 aromatic heterocycles. The first-order chi connectivity index (χ1) is 16.1. The Morgan fingerprint density at radius 2 is 1.76 bits per heavy atom. The van der Waals surface area contributed by atoms with Crippen LogP contribution in [0.3, 0.4) is 0 Å². The number of nitrogens with two attached hydrogens (primary N) is 2. The standard InChI is InChI=1S/C25H27N7O2/c1-14(26)30-23(33)18-8-7-17(34-5)11-19(18)22-31-20-10-15(16-12-28-24(27)29-13-16)6-9-21(20)32(22)25(2,3)4/h6-13H,1-5H3,(H2,26,30,33)(H2,27,28,29). The third-order valence-electron chi connectivity index (χ3n) is 5.31. The molecule has 0 fully saturated rings. The molecule has 174 valence electrons. The number of imidazole rings is 1. The SMILES string of the molecule is COc1ccc(C(=O)N=C(C)N)c(-c2nc3cc(-c4cnc(N)nc4)ccc3n2C(C)(C)C)c1. The van der Waals surface area contributed by atoms with Gasteiger partial charge in [-0.05, 0) is 63.6 Å². The molecule has 9 nitrogen and oxygen atoms in total. The normalized spacial score (nSPS) is 12.2. The van der Waals surface area contributed by atoms with Crippen molar-refractivity contribution in [2.75, 3.05) is 12.8 Å². The smallest absolute Gasteiger partial charge is 0.279 e. The maximum absolute atomic E-state index is 12.9. The van der Waals surface area contributed by atoms with Gasteiger partial charge in [-0.2, -0.15) is 4.99 Å². The Morgan fingerprint density at radius 3 is 2.38 bits per heavy atom. The van der Waals surface area contributed by atoms with Gasteiger partial charge < -0.3 is 20.8 Å². The number of amides is 1. The molecule has 2 heterocycles. The summed E-state index contributed by atoms with van der Waals surface area (Å²) in [6.07, 6.45) is 3.36. The lowest BCUT2D eigenvalue weighted by atomic mass is 10.0. The number of nitrogens with zero attached hydrogens (tertiary/aromatic N) is 5. The van der Waals surface area contributed by atoms with Crippen LogP contribution < -0.4 is 16.2 Å². The van der Waals surface area contributed by atoms with Crippen molar-refractivity contribution in [2.24, 2.45) is 10.7 Å². The average Bonchev–Trinajstić information content (AvgIpc) is 3.18. The summed E-state index contributed by atoms with van der Waals surface area (Å²) in [5.74, 6) is 1.19. The number of ether oxygens (including phenoxy) is 1. The summed E-state index contributed by atoms with van der Waals surface area (Å²) in [6, 6.07) is 11.2. The van der Waals surface area contributed by atoms with Crippen LogP contribution in [0.5, 0.6) is 5.75 Å². The van der Waals surface area contributed by atoms with E-state index in [0.717, 1.165) is 22.2 Å². The van der Waals surface area contributed by atoms with Gasteiger partial charge in [0.2, 0.25) is 5.95 Å². The first kappa shape index (κ1) is 22.9. The molecular formula is C25H27N7O2. The summed E-state index contributed by atoms with van der Waals surface area (Å²) in [5.41, 5.74) is 15.4. The number of aliphatic imine (C=N–C) groups is 1. The highest BCUT2D eigenvalue weighted by atomic mass is 16.5. The second kappa shape index (κ2) is 8.58. The summed E-state index contributed by atoms with van der Waals surface area (Å²) in [7, 11) is 1.58. The quantitative estimate of drug-likeness (QED) is 0.349. The highest BCUT2D eigenvalue weighted by molar-refractivity contribution is 6.06. The number of methoxy groups -OCH3 is 1. The van der Waals surface area contributed by atoms with E-state index in [2.05, 4.69) is 40.3 Å². The van der Waals surface area contributed by atoms with Crippen molar-refractivity contribution in [1.82, 2.24) is 19.5 Å². The predicted octanol–water partition coefficient (Wildman–Crippen LogP) is 4.02. The van der Waals surface area contributed by atoms with Crippen LogP contribution in [0.2, 0.25) is 0 Å². The molecule has 9 heteroatoms. The van der Waals surface area contributed by atoms with Crippen LogP contribution in [0, 0.1) is 0 Å². The van der Waals surface area contributed by atoms with E-state index in [-0.39, 0.29) is 17.3 Å². The van der Waals surface area contributed by atoms with Gasteiger partial charge in [-0.1, -0.05) is 6.07 Å². The Bertz CT molecular complexity index is 1410. The van der Waals surface area contributed by atoms with Crippen LogP contribution in [-0.2, 0) is 5.54 Å². The molecule has 4 aromatic rings. The molecule has 2 aromatic carbocycles. The van der Waals surface area contributed by atoms with Gasteiger partial charge in [-0.15, -0.1) is 0 Å². The highest BCUT2D eigenvalue weighted by Gasteiger charge is 2.26. The number of nitrogen functional groups attached to an aromatic ring is 1. The van der Waals surface area contributed by atoms with E-state index in [0.29, 0.717) is 22.7 Å². The van der Waals surface area contributed by atoms with Crippen LogP contribution >= 0.6 is 0 Å². The fourth-order valence-electron chi connectivity index (χ4n) is 3.85. The highest BCUT2D eigenvalue weighted by Crippen LogP contribution is 2.36. The number of carbonyl (C=O) groups excluding carboxylic acids is 1. The number of fused-ring (bicyclic) bond motifs is 1. The molecule has 1 amide bonds. The third kappa shape index (κ3) is 4.32. The molecule has 0 radical (unpaired) electrons. The zero-order valence-electron chi connectivity index (χ0n) is 19.8. The molecule has 0 spiro atoms. The molecule has 0 aliphatic rings. The lowest BCUT2D eigenvalue weighted by Gasteiger charge is -2.25. The summed E-state index contributed by atoms with van der Waals surface area (Å²) in [5, 5.41) is 0. The van der Waals surface area contributed by atoms with E-state index in [1.807, 2.05) is 18.2 Å². The Balaban J connectivity index is 1.99. The minimum Gasteiger partial charge on any atom is -0.497 e. The molecule has 0 bridgehead atoms. The summed E-state index contributed by atoms with van der Waals surface area (Å²) < 4.78 is 7.55. The lowest BCUT2D eigenvalue weighted by Crippen LogP contribution is -2.23. The van der Waals surface area contributed by atoms with Crippen molar-refractivity contribution < 1.29 is 9.53 Å². The van der Waals surface area contributed by atoms with Gasteiger partial charge >= 0.3 is 0 Å². The Hall–Kier alpha value is -4.27. The van der Waals surface area contributed by atoms with Crippen molar-refractivity contribution in [2.45, 2.75) is 33.2 Å². The molecule has 0 atom stereocenters. The van der Waals surface area contributed by atoms with Crippen LogP contribution in [0.25, 0.3) is 33.5 Å². The fourth-order valence-corrected chi connectivity index (χ4v) is 3.85. The summed E-state index contributed by atoms with van der Waals surface area (Å²) >= 11 is 0. The predicted molar refractivity (Wildman–Crippen MR) is 134 cm³/mol. The summed E-state index contributed by atoms with van der Waals surface area (Å²) in [4.78, 5) is 30.0. The lowest BCUT2D eigenvalue weighted by molar-refractivity contribution is 0.100. The van der Waals surface area contributed by atoms with Gasteiger partial charge in [-0.3, -0.25) is 4.79 Å². The maximum atomic E-state index is 12.9. The fraction of sp³-hybridized carbons (Fsp3) is 0.240. The number of anilines is 1. The number of hydrogen-bond acceptors (Lipinski definition) is 6. The monoisotopic (exact) mass is 457 g/mol. The largest absolute Gasteiger partial charge is 0.497 e. The van der Waals surface area contributed by atoms with E-state index >= 15 is 0 Å². The van der Waals surface area contributed by atoms with E-state index in [4.69, 9.17) is 21.2 Å². The molecule has 4 rings (SSSR count). The van der Waals surface area contributed by atoms with E-state index in [9.17, 15) is 4.79 Å². The van der Waals surface area contributed by atoms with Crippen molar-refractivity contribution in [3.63, 3.8) is 0 Å². The van der Waals surface area contributed by atoms with Crippen molar-refractivity contribution >= 4 is 28.7 Å². The molecule has 0 saturated heterocycles. The number of aromatic nitrogens is 4. The van der Waals surface area contributed by atoms with E-state index < -0.39 is 5.91 Å². The first-order valence-electron chi connectivity index (χ1n) is 10.7. The van der Waals surface area contributed by atoms with Gasteiger partial charge in [0.15, 0.2) is 0 Å². The Labute approximate surface area is 197 Å². The minimum absolute atomic E-state index is 0.187. The molecule has 34 heavy (non-hydrogen) atoms. The van der Waals surface area contributed by atoms with Crippen LogP contribution in [0.1, 0.15) is 38.1 Å². The van der Waals surface area contributed by atoms with Crippen LogP contribution in [0.15, 0.2) is 53.8 Å². The number of amidine groups is 1. The molecule has 0 saturated carbocycles. The number of carbonyl (C=O) groups is 1. The topological polar surface area (TPSA) is 134 Å². The number of benzene rings is 2. The van der Waals surface area contributed by atoms with Crippen LogP contribution in [-0.4, -0.2) is 38.4 Å². The first-order valence-corrected chi connectivity index (χ1v) is 10.7. The number of rotatable bonds is 4. The number of hydrogen-bond donors (Lipinski definition) is 2. The van der Waals surface area contributed by atoms with E-state index in [1.54, 1.807) is 44.6 Å². The second-order valence-electron chi connectivity index (χ2n) is 8.94. The zero-order valence-corrected chi connectivity index (χ0v) is 19.8. The summed E-state index contributed by atoms with van der Waals surface area (Å²) in [6.45, 7) is 7.84. The average molecular weight is 458 g/mol. The molecular weight excluding hydrogens is 430 g/mol. The van der Waals surface area contributed by atoms with Crippen molar-refractivity contribution in [1.29, 1.82) is 0 Å². The zero-order chi connectivity index (χ0) is 24.6. The van der Waals surface area contributed by atoms with E-state index in [1.165, 1.54) is 0 Å². The van der Waals surface area contributed by atoms with Gasteiger partial charge in [0.25, 0.3) is 5.91 Å². The molecule has 4 N–H and O–H groups in total. The second-order valence-corrected chi connectivity index (χ2v) is 8.94. The van der Waals surface area contributed by atoms with Crippen LogP contribution in [0.4, 0.5) is 5.95 Å². The van der Waals surface area contributed by atoms with Gasteiger partial charge in [-0.25, -0.2) is 15.0 Å². The Morgan fingerprint density at radius 1 is 1.06 bits per heavy atom. The maximum Gasteiger partial charge on any atom is 0.279 e. The van der Waals surface area contributed by atoms with Gasteiger partial charge in [0.1, 0.15) is 17.4 Å². The third-order valence-corrected chi connectivity index (χ3v) is 5.31. The Kier molecular flexibility index (Phi) is 5.78. The molecule has 0 aliphatic heterocycles. The van der Waals surface area contributed by atoms with Gasteiger partial charge in [0, 0.05) is 29.1 Å². The van der Waals surface area contributed by atoms with Crippen molar-refractivity contribution in [3.05, 3.63) is 54.4 Å². The van der Waals surface area contributed by atoms with Gasteiger partial charge in [0.05, 0.1) is 23.7 Å². The minimum atomic E-state index is -0.440. The molecule has 0 unspecified atom stereocenters. The van der Waals surface area contributed by atoms with Crippen molar-refractivity contribution in [3.8, 4) is 28.3 Å². The molecule has 0 aliphatic carbocycles.